The number of rotatable bonds is 6. The molecule has 1 N–H and O–H groups in total. The second kappa shape index (κ2) is 7.88. The first kappa shape index (κ1) is 18.4. The Morgan fingerprint density at radius 2 is 1.64 bits per heavy atom. The zero-order valence-corrected chi connectivity index (χ0v) is 15.7. The summed E-state index contributed by atoms with van der Waals surface area (Å²) in [6.45, 7) is 12.0. The maximum absolute atomic E-state index is 11.0. The Labute approximate surface area is 151 Å². The van der Waals surface area contributed by atoms with Crippen LogP contribution in [0.15, 0.2) is 24.3 Å². The van der Waals surface area contributed by atoms with E-state index in [0.717, 1.165) is 13.1 Å². The van der Waals surface area contributed by atoms with E-state index in [4.69, 9.17) is 5.11 Å². The van der Waals surface area contributed by atoms with Crippen molar-refractivity contribution in [2.75, 3.05) is 39.3 Å². The fourth-order valence-electron chi connectivity index (χ4n) is 4.57. The molecule has 25 heavy (non-hydrogen) atoms. The van der Waals surface area contributed by atoms with Gasteiger partial charge in [0, 0.05) is 19.6 Å². The highest BCUT2D eigenvalue weighted by Crippen LogP contribution is 2.30. The molecule has 0 amide bonds. The summed E-state index contributed by atoms with van der Waals surface area (Å²) in [6, 6.07) is 7.50. The average molecular weight is 344 g/mol. The molecule has 138 valence electrons. The monoisotopic (exact) mass is 344 g/mol. The summed E-state index contributed by atoms with van der Waals surface area (Å²) in [6.07, 6.45) is 5.14. The molecule has 0 saturated carbocycles. The van der Waals surface area contributed by atoms with E-state index in [2.05, 4.69) is 23.6 Å². The third-order valence-corrected chi connectivity index (χ3v) is 5.64. The van der Waals surface area contributed by atoms with Gasteiger partial charge in [0.05, 0.1) is 5.56 Å². The summed E-state index contributed by atoms with van der Waals surface area (Å²) in [5.74, 6) is -0.320. The van der Waals surface area contributed by atoms with Crippen LogP contribution in [-0.2, 0) is 0 Å². The van der Waals surface area contributed by atoms with Crippen molar-refractivity contribution in [2.45, 2.75) is 45.4 Å². The molecule has 0 radical (unpaired) electrons. The van der Waals surface area contributed by atoms with Gasteiger partial charge in [0.1, 0.15) is 0 Å². The van der Waals surface area contributed by atoms with Gasteiger partial charge in [-0.3, -0.25) is 0 Å². The first-order valence-electron chi connectivity index (χ1n) is 9.71. The second-order valence-corrected chi connectivity index (χ2v) is 8.65. The Balaban J connectivity index is 1.57. The van der Waals surface area contributed by atoms with E-state index < -0.39 is 5.97 Å². The van der Waals surface area contributed by atoms with E-state index in [1.807, 2.05) is 12.1 Å². The summed E-state index contributed by atoms with van der Waals surface area (Å²) in [5, 5.41) is 9.06. The molecule has 1 aromatic rings. The van der Waals surface area contributed by atoms with Crippen LogP contribution < -0.4 is 0 Å². The largest absolute Gasteiger partial charge is 0.478 e. The molecule has 2 heterocycles. The number of benzene rings is 1. The lowest BCUT2D eigenvalue weighted by Gasteiger charge is -2.39. The lowest BCUT2D eigenvalue weighted by Crippen LogP contribution is -2.44. The van der Waals surface area contributed by atoms with E-state index in [1.165, 1.54) is 57.4 Å². The van der Waals surface area contributed by atoms with Gasteiger partial charge in [0.15, 0.2) is 0 Å². The van der Waals surface area contributed by atoms with Gasteiger partial charge in [-0.2, -0.15) is 0 Å². The maximum Gasteiger partial charge on any atom is 0.335 e. The predicted molar refractivity (Wildman–Crippen MR) is 101 cm³/mol. The summed E-state index contributed by atoms with van der Waals surface area (Å²) in [4.78, 5) is 16.3. The van der Waals surface area contributed by atoms with Gasteiger partial charge in [0.25, 0.3) is 0 Å². The maximum atomic E-state index is 11.0. The van der Waals surface area contributed by atoms with E-state index in [-0.39, 0.29) is 0 Å². The molecule has 2 aliphatic rings. The van der Waals surface area contributed by atoms with Crippen molar-refractivity contribution in [1.82, 2.24) is 9.80 Å². The molecule has 0 aromatic heterocycles. The summed E-state index contributed by atoms with van der Waals surface area (Å²) >= 11 is 0. The Kier molecular flexibility index (Phi) is 5.80. The topological polar surface area (TPSA) is 43.8 Å². The zero-order valence-electron chi connectivity index (χ0n) is 15.7. The molecule has 4 nitrogen and oxygen atoms in total. The number of aromatic carboxylic acids is 1. The highest BCUT2D eigenvalue weighted by molar-refractivity contribution is 5.87. The van der Waals surface area contributed by atoms with Crippen molar-refractivity contribution in [3.8, 4) is 0 Å². The Bertz CT molecular complexity index is 576. The van der Waals surface area contributed by atoms with Crippen LogP contribution in [0.3, 0.4) is 0 Å². The molecular formula is C21H32N2O2. The number of nitrogens with zero attached hydrogens (tertiary/aromatic N) is 2. The number of hydrogen-bond donors (Lipinski definition) is 1. The Morgan fingerprint density at radius 1 is 1.04 bits per heavy atom. The molecule has 4 heteroatoms. The van der Waals surface area contributed by atoms with Crippen molar-refractivity contribution in [3.05, 3.63) is 35.4 Å². The molecule has 2 saturated heterocycles. The SMILES string of the molecule is CC(C)(CN1CCCC1)CN1CCC[C@@H](c2ccc(C(=O)O)cc2)C1. The van der Waals surface area contributed by atoms with Crippen LogP contribution in [0.25, 0.3) is 0 Å². The molecule has 0 aliphatic carbocycles. The lowest BCUT2D eigenvalue weighted by atomic mass is 9.87. The lowest BCUT2D eigenvalue weighted by molar-refractivity contribution is 0.0696. The minimum absolute atomic E-state index is 0.319. The second-order valence-electron chi connectivity index (χ2n) is 8.65. The van der Waals surface area contributed by atoms with Gasteiger partial charge in [-0.05, 0) is 74.3 Å². The van der Waals surface area contributed by atoms with Crippen molar-refractivity contribution < 1.29 is 9.90 Å². The van der Waals surface area contributed by atoms with Crippen LogP contribution in [0.5, 0.6) is 0 Å². The quantitative estimate of drug-likeness (QED) is 0.855. The van der Waals surface area contributed by atoms with Gasteiger partial charge >= 0.3 is 5.97 Å². The zero-order chi connectivity index (χ0) is 17.9. The number of likely N-dealkylation sites (tertiary alicyclic amines) is 2. The third-order valence-electron chi connectivity index (χ3n) is 5.64. The number of hydrogen-bond acceptors (Lipinski definition) is 3. The van der Waals surface area contributed by atoms with Crippen molar-refractivity contribution in [1.29, 1.82) is 0 Å². The summed E-state index contributed by atoms with van der Waals surface area (Å²) in [5.41, 5.74) is 1.98. The van der Waals surface area contributed by atoms with Crippen molar-refractivity contribution in [3.63, 3.8) is 0 Å². The molecule has 0 unspecified atom stereocenters. The van der Waals surface area contributed by atoms with Gasteiger partial charge in [-0.1, -0.05) is 26.0 Å². The number of carboxylic acid groups (broad SMARTS) is 1. The normalized spacial score (nSPS) is 23.0. The number of piperidine rings is 1. The Hall–Kier alpha value is -1.39. The van der Waals surface area contributed by atoms with Gasteiger partial charge < -0.3 is 14.9 Å². The summed E-state index contributed by atoms with van der Waals surface area (Å²) < 4.78 is 0. The molecule has 1 atom stereocenters. The van der Waals surface area contributed by atoms with Crippen LogP contribution in [-0.4, -0.2) is 60.1 Å². The van der Waals surface area contributed by atoms with E-state index in [0.29, 0.717) is 16.9 Å². The van der Waals surface area contributed by atoms with Gasteiger partial charge in [0.2, 0.25) is 0 Å². The van der Waals surface area contributed by atoms with Crippen LogP contribution in [0, 0.1) is 5.41 Å². The van der Waals surface area contributed by atoms with Crippen molar-refractivity contribution >= 4 is 5.97 Å². The van der Waals surface area contributed by atoms with Crippen LogP contribution in [0.1, 0.15) is 61.4 Å². The minimum atomic E-state index is -0.847. The third kappa shape index (κ3) is 5.05. The van der Waals surface area contributed by atoms with Crippen LogP contribution in [0.4, 0.5) is 0 Å². The molecule has 3 rings (SSSR count). The minimum Gasteiger partial charge on any atom is -0.478 e. The fourth-order valence-corrected chi connectivity index (χ4v) is 4.57. The Morgan fingerprint density at radius 3 is 2.28 bits per heavy atom. The van der Waals surface area contributed by atoms with E-state index in [9.17, 15) is 4.79 Å². The van der Waals surface area contributed by atoms with Crippen LogP contribution >= 0.6 is 0 Å². The van der Waals surface area contributed by atoms with Crippen LogP contribution in [0.2, 0.25) is 0 Å². The highest BCUT2D eigenvalue weighted by Gasteiger charge is 2.29. The average Bonchev–Trinajstić information content (AvgIpc) is 3.07. The van der Waals surface area contributed by atoms with E-state index in [1.54, 1.807) is 12.1 Å². The predicted octanol–water partition coefficient (Wildman–Crippen LogP) is 3.69. The molecule has 2 aliphatic heterocycles. The highest BCUT2D eigenvalue weighted by atomic mass is 16.4. The molecular weight excluding hydrogens is 312 g/mol. The van der Waals surface area contributed by atoms with E-state index >= 15 is 0 Å². The van der Waals surface area contributed by atoms with Crippen molar-refractivity contribution in [2.24, 2.45) is 5.41 Å². The number of carboxylic acids is 1. The standard InChI is InChI=1S/C21H32N2O2/c1-21(2,15-22-11-3-4-12-22)16-23-13-5-6-19(14-23)17-7-9-18(10-8-17)20(24)25/h7-10,19H,3-6,11-16H2,1-2H3,(H,24,25)/t19-/m1/s1. The first-order chi connectivity index (χ1) is 11.9. The summed E-state index contributed by atoms with van der Waals surface area (Å²) in [7, 11) is 0. The van der Waals surface area contributed by atoms with Gasteiger partial charge in [-0.15, -0.1) is 0 Å². The molecule has 0 bridgehead atoms. The fraction of sp³-hybridized carbons (Fsp3) is 0.667. The molecule has 2 fully saturated rings. The van der Waals surface area contributed by atoms with Gasteiger partial charge in [-0.25, -0.2) is 4.79 Å². The first-order valence-corrected chi connectivity index (χ1v) is 9.71. The number of carbonyl (C=O) groups is 1. The molecule has 1 aromatic carbocycles. The smallest absolute Gasteiger partial charge is 0.335 e. The molecule has 0 spiro atoms.